The first kappa shape index (κ1) is 16.0. The van der Waals surface area contributed by atoms with Crippen molar-refractivity contribution in [2.24, 2.45) is 0 Å². The smallest absolute Gasteiger partial charge is 0.307 e. The Morgan fingerprint density at radius 3 is 2.90 bits per heavy atom. The minimum absolute atomic E-state index is 0.0932. The van der Waals surface area contributed by atoms with Gasteiger partial charge in [-0.15, -0.1) is 0 Å². The number of benzene rings is 1. The first-order valence-corrected chi connectivity index (χ1v) is 7.82. The summed E-state index contributed by atoms with van der Waals surface area (Å²) in [4.78, 5) is 11.7. The standard InChI is InChI=1S/C17H25NO3/c1-2-20-17(19)12-15(11-14-7-4-3-5-8-14)18-13-16-9-6-10-21-16/h3-5,7-8,15-16,18H,2,6,9-13H2,1H3. The van der Waals surface area contributed by atoms with Gasteiger partial charge in [-0.2, -0.15) is 0 Å². The molecule has 1 fully saturated rings. The second-order valence-corrected chi connectivity index (χ2v) is 5.44. The maximum atomic E-state index is 11.7. The normalized spacial score (nSPS) is 19.4. The molecule has 116 valence electrons. The fourth-order valence-corrected chi connectivity index (χ4v) is 2.64. The number of carbonyl (C=O) groups is 1. The van der Waals surface area contributed by atoms with Crippen LogP contribution in [0.25, 0.3) is 0 Å². The monoisotopic (exact) mass is 291 g/mol. The van der Waals surface area contributed by atoms with E-state index < -0.39 is 0 Å². The molecule has 0 saturated carbocycles. The molecule has 0 aromatic heterocycles. The fraction of sp³-hybridized carbons (Fsp3) is 0.588. The van der Waals surface area contributed by atoms with E-state index in [0.29, 0.717) is 13.0 Å². The molecule has 2 rings (SSSR count). The molecule has 0 spiro atoms. The predicted octanol–water partition coefficient (Wildman–Crippen LogP) is 2.32. The molecule has 0 amide bonds. The van der Waals surface area contributed by atoms with E-state index in [1.165, 1.54) is 5.56 Å². The minimum atomic E-state index is -0.140. The van der Waals surface area contributed by atoms with Gasteiger partial charge in [0.1, 0.15) is 0 Å². The molecule has 1 aromatic carbocycles. The maximum absolute atomic E-state index is 11.7. The first-order valence-electron chi connectivity index (χ1n) is 7.82. The largest absolute Gasteiger partial charge is 0.466 e. The average molecular weight is 291 g/mol. The van der Waals surface area contributed by atoms with Crippen molar-refractivity contribution in [1.29, 1.82) is 0 Å². The molecule has 0 aliphatic carbocycles. The summed E-state index contributed by atoms with van der Waals surface area (Å²) in [7, 11) is 0. The van der Waals surface area contributed by atoms with Crippen LogP contribution in [0.2, 0.25) is 0 Å². The Kier molecular flexibility index (Phi) is 6.70. The van der Waals surface area contributed by atoms with Gasteiger partial charge in [0, 0.05) is 19.2 Å². The van der Waals surface area contributed by atoms with Crippen LogP contribution >= 0.6 is 0 Å². The summed E-state index contributed by atoms with van der Waals surface area (Å²) < 4.78 is 10.7. The highest BCUT2D eigenvalue weighted by Crippen LogP contribution is 2.12. The third-order valence-electron chi connectivity index (χ3n) is 3.70. The molecule has 4 nitrogen and oxygen atoms in total. The minimum Gasteiger partial charge on any atom is -0.466 e. The predicted molar refractivity (Wildman–Crippen MR) is 82.2 cm³/mol. The van der Waals surface area contributed by atoms with Gasteiger partial charge in [0.05, 0.1) is 19.1 Å². The van der Waals surface area contributed by atoms with Crippen molar-refractivity contribution in [1.82, 2.24) is 5.32 Å². The van der Waals surface area contributed by atoms with Crippen LogP contribution < -0.4 is 5.32 Å². The molecular weight excluding hydrogens is 266 g/mol. The highest BCUT2D eigenvalue weighted by Gasteiger charge is 2.19. The van der Waals surface area contributed by atoms with Crippen molar-refractivity contribution in [2.75, 3.05) is 19.8 Å². The second kappa shape index (κ2) is 8.80. The highest BCUT2D eigenvalue weighted by molar-refractivity contribution is 5.70. The molecule has 2 atom stereocenters. The molecule has 1 aromatic rings. The van der Waals surface area contributed by atoms with Crippen LogP contribution in [-0.4, -0.2) is 37.9 Å². The lowest BCUT2D eigenvalue weighted by molar-refractivity contribution is -0.143. The van der Waals surface area contributed by atoms with Gasteiger partial charge in [-0.05, 0) is 31.7 Å². The van der Waals surface area contributed by atoms with E-state index in [2.05, 4.69) is 17.4 Å². The van der Waals surface area contributed by atoms with Gasteiger partial charge < -0.3 is 14.8 Å². The van der Waals surface area contributed by atoms with Crippen molar-refractivity contribution < 1.29 is 14.3 Å². The fourth-order valence-electron chi connectivity index (χ4n) is 2.64. The lowest BCUT2D eigenvalue weighted by Crippen LogP contribution is -2.38. The Morgan fingerprint density at radius 1 is 1.43 bits per heavy atom. The second-order valence-electron chi connectivity index (χ2n) is 5.44. The SMILES string of the molecule is CCOC(=O)CC(Cc1ccccc1)NCC1CCCO1. The Balaban J connectivity index is 1.87. The van der Waals surface area contributed by atoms with E-state index in [1.807, 2.05) is 25.1 Å². The van der Waals surface area contributed by atoms with Crippen LogP contribution in [0.5, 0.6) is 0 Å². The number of rotatable bonds is 8. The quantitative estimate of drug-likeness (QED) is 0.747. The number of ether oxygens (including phenoxy) is 2. The van der Waals surface area contributed by atoms with Crippen molar-refractivity contribution in [3.63, 3.8) is 0 Å². The molecule has 21 heavy (non-hydrogen) atoms. The van der Waals surface area contributed by atoms with Gasteiger partial charge in [-0.3, -0.25) is 4.79 Å². The summed E-state index contributed by atoms with van der Waals surface area (Å²) in [6.45, 7) is 3.93. The summed E-state index contributed by atoms with van der Waals surface area (Å²) in [6.07, 6.45) is 3.74. The molecule has 0 bridgehead atoms. The van der Waals surface area contributed by atoms with Gasteiger partial charge >= 0.3 is 5.97 Å². The zero-order chi connectivity index (χ0) is 14.9. The lowest BCUT2D eigenvalue weighted by Gasteiger charge is -2.20. The number of hydrogen-bond acceptors (Lipinski definition) is 4. The molecule has 1 saturated heterocycles. The van der Waals surface area contributed by atoms with E-state index >= 15 is 0 Å². The van der Waals surface area contributed by atoms with Crippen molar-refractivity contribution in [3.8, 4) is 0 Å². The number of nitrogens with one attached hydrogen (secondary N) is 1. The molecule has 4 heteroatoms. The maximum Gasteiger partial charge on any atom is 0.307 e. The van der Waals surface area contributed by atoms with Gasteiger partial charge in [0.25, 0.3) is 0 Å². The van der Waals surface area contributed by atoms with Gasteiger partial charge in [-0.25, -0.2) is 0 Å². The molecular formula is C17H25NO3. The van der Waals surface area contributed by atoms with E-state index in [0.717, 1.165) is 32.4 Å². The zero-order valence-electron chi connectivity index (χ0n) is 12.7. The summed E-state index contributed by atoms with van der Waals surface area (Å²) >= 11 is 0. The number of esters is 1. The van der Waals surface area contributed by atoms with E-state index in [4.69, 9.17) is 9.47 Å². The van der Waals surface area contributed by atoms with E-state index in [-0.39, 0.29) is 18.1 Å². The Morgan fingerprint density at radius 2 is 2.24 bits per heavy atom. The first-order chi connectivity index (χ1) is 10.3. The van der Waals surface area contributed by atoms with E-state index in [1.54, 1.807) is 0 Å². The highest BCUT2D eigenvalue weighted by atomic mass is 16.5. The summed E-state index contributed by atoms with van der Waals surface area (Å²) in [5.41, 5.74) is 1.23. The van der Waals surface area contributed by atoms with Crippen LogP contribution in [0.1, 0.15) is 31.7 Å². The van der Waals surface area contributed by atoms with Gasteiger partial charge in [-0.1, -0.05) is 30.3 Å². The van der Waals surface area contributed by atoms with Crippen LogP contribution in [0, 0.1) is 0 Å². The number of carbonyl (C=O) groups excluding carboxylic acids is 1. The third-order valence-corrected chi connectivity index (χ3v) is 3.70. The lowest BCUT2D eigenvalue weighted by atomic mass is 10.0. The zero-order valence-corrected chi connectivity index (χ0v) is 12.7. The number of hydrogen-bond donors (Lipinski definition) is 1. The molecule has 2 unspecified atom stereocenters. The van der Waals surface area contributed by atoms with Crippen LogP contribution in [0.4, 0.5) is 0 Å². The van der Waals surface area contributed by atoms with Crippen LogP contribution in [-0.2, 0) is 20.7 Å². The van der Waals surface area contributed by atoms with Gasteiger partial charge in [0.2, 0.25) is 0 Å². The average Bonchev–Trinajstić information content (AvgIpc) is 2.99. The third kappa shape index (κ3) is 5.86. The Labute approximate surface area is 126 Å². The Hall–Kier alpha value is -1.39. The van der Waals surface area contributed by atoms with Gasteiger partial charge in [0.15, 0.2) is 0 Å². The van der Waals surface area contributed by atoms with E-state index in [9.17, 15) is 4.79 Å². The molecule has 1 aliphatic heterocycles. The molecule has 0 radical (unpaired) electrons. The van der Waals surface area contributed by atoms with Crippen LogP contribution in [0.3, 0.4) is 0 Å². The topological polar surface area (TPSA) is 47.6 Å². The van der Waals surface area contributed by atoms with Crippen molar-refractivity contribution in [3.05, 3.63) is 35.9 Å². The molecule has 1 N–H and O–H groups in total. The van der Waals surface area contributed by atoms with Crippen molar-refractivity contribution >= 4 is 5.97 Å². The van der Waals surface area contributed by atoms with Crippen LogP contribution in [0.15, 0.2) is 30.3 Å². The summed E-state index contributed by atoms with van der Waals surface area (Å²) in [5, 5.41) is 3.47. The summed E-state index contributed by atoms with van der Waals surface area (Å²) in [5.74, 6) is -0.140. The Bertz CT molecular complexity index is 415. The molecule has 1 heterocycles. The summed E-state index contributed by atoms with van der Waals surface area (Å²) in [6, 6.07) is 10.3. The molecule has 1 aliphatic rings. The van der Waals surface area contributed by atoms with Crippen molar-refractivity contribution in [2.45, 2.75) is 44.8 Å².